The number of likely N-dealkylation sites (N-methyl/N-ethyl adjacent to an activating group) is 1. The minimum Gasteiger partial charge on any atom is -0.322 e. The molecule has 58 valence electrons. The van der Waals surface area contributed by atoms with E-state index in [-0.39, 0.29) is 0 Å². The lowest BCUT2D eigenvalue weighted by Gasteiger charge is -2.35. The number of piperidine rings is 2. The fraction of sp³-hybridized carbons (Fsp3) is 0.800. The predicted octanol–water partition coefficient (Wildman–Crippen LogP) is 1.02. The van der Waals surface area contributed by atoms with Gasteiger partial charge in [0.15, 0.2) is 0 Å². The molecule has 1 spiro atoms. The van der Waals surface area contributed by atoms with Crippen molar-refractivity contribution < 1.29 is 4.48 Å². The molecule has 3 fully saturated rings. The minimum atomic E-state index is 0.836. The highest BCUT2D eigenvalue weighted by molar-refractivity contribution is 5.36. The van der Waals surface area contributed by atoms with Crippen LogP contribution < -0.4 is 0 Å². The summed E-state index contributed by atoms with van der Waals surface area (Å²) < 4.78 is 1.38. The quantitative estimate of drug-likeness (QED) is 0.355. The van der Waals surface area contributed by atoms with Gasteiger partial charge in [-0.15, -0.1) is 0 Å². The molecule has 0 amide bonds. The highest BCUT2D eigenvalue weighted by atomic mass is 15.4. The van der Waals surface area contributed by atoms with Crippen LogP contribution in [0.5, 0.6) is 0 Å². The van der Waals surface area contributed by atoms with Gasteiger partial charge in [0.25, 0.3) is 0 Å². The molecule has 0 radical (unpaired) electrons. The minimum absolute atomic E-state index is 0.836. The maximum atomic E-state index is 2.61. The first-order chi connectivity index (χ1) is 5.22. The number of hydrogen-bond donors (Lipinski definition) is 0. The Morgan fingerprint density at radius 2 is 2.55 bits per heavy atom. The van der Waals surface area contributed by atoms with E-state index in [0.29, 0.717) is 0 Å². The van der Waals surface area contributed by atoms with Crippen molar-refractivity contribution in [2.24, 2.45) is 17.3 Å². The standard InChI is InChI=1S/C10H14N/c1-11-4-7-2-8-9(5-11)10(8,3-7)6-11/h2,8-9H,3-6H2,1H3/q+1. The Morgan fingerprint density at radius 3 is 3.45 bits per heavy atom. The van der Waals surface area contributed by atoms with Gasteiger partial charge in [-0.1, -0.05) is 6.08 Å². The third-order valence-electron chi connectivity index (χ3n) is 4.60. The molecule has 4 rings (SSSR count). The molecule has 4 unspecified atom stereocenters. The number of quaternary nitrogens is 1. The zero-order valence-corrected chi connectivity index (χ0v) is 7.01. The van der Waals surface area contributed by atoms with Crippen LogP contribution >= 0.6 is 0 Å². The van der Waals surface area contributed by atoms with Gasteiger partial charge < -0.3 is 4.48 Å². The monoisotopic (exact) mass is 148 g/mol. The molecule has 0 aromatic heterocycles. The van der Waals surface area contributed by atoms with Crippen LogP contribution in [0.4, 0.5) is 0 Å². The molecule has 4 atom stereocenters. The van der Waals surface area contributed by atoms with Gasteiger partial charge in [-0.3, -0.25) is 0 Å². The first kappa shape index (κ1) is 5.36. The molecule has 0 aromatic rings. The molecule has 2 aliphatic heterocycles. The summed E-state index contributed by atoms with van der Waals surface area (Å²) in [4.78, 5) is 0. The maximum Gasteiger partial charge on any atom is 0.100 e. The molecule has 1 heteroatoms. The van der Waals surface area contributed by atoms with E-state index in [9.17, 15) is 0 Å². The van der Waals surface area contributed by atoms with Gasteiger partial charge >= 0.3 is 0 Å². The van der Waals surface area contributed by atoms with Crippen LogP contribution in [0.1, 0.15) is 6.42 Å². The topological polar surface area (TPSA) is 0 Å². The molecule has 1 nitrogen and oxygen atoms in total. The van der Waals surface area contributed by atoms with Crippen LogP contribution in [0.2, 0.25) is 0 Å². The Kier molecular flexibility index (Phi) is 0.542. The second-order valence-electron chi connectivity index (χ2n) is 5.49. The molecule has 2 aliphatic carbocycles. The first-order valence-corrected chi connectivity index (χ1v) is 4.75. The van der Waals surface area contributed by atoms with Crippen LogP contribution in [-0.2, 0) is 0 Å². The largest absolute Gasteiger partial charge is 0.322 e. The zero-order chi connectivity index (χ0) is 7.27. The SMILES string of the molecule is C[N+]12CC3=CC4C(C1)C4(C3)C2. The zero-order valence-electron chi connectivity index (χ0n) is 7.01. The summed E-state index contributed by atoms with van der Waals surface area (Å²) in [6.07, 6.45) is 4.09. The van der Waals surface area contributed by atoms with E-state index in [0.717, 1.165) is 17.3 Å². The van der Waals surface area contributed by atoms with E-state index in [1.807, 2.05) is 0 Å². The Balaban J connectivity index is 1.98. The Morgan fingerprint density at radius 1 is 1.64 bits per heavy atom. The molecule has 3 bridgehead atoms. The summed E-state index contributed by atoms with van der Waals surface area (Å²) in [7, 11) is 2.45. The average molecular weight is 148 g/mol. The summed E-state index contributed by atoms with van der Waals surface area (Å²) in [6.45, 7) is 4.38. The van der Waals surface area contributed by atoms with Gasteiger partial charge in [0.2, 0.25) is 0 Å². The van der Waals surface area contributed by atoms with E-state index in [1.165, 1.54) is 30.5 Å². The van der Waals surface area contributed by atoms with E-state index in [4.69, 9.17) is 0 Å². The highest BCUT2D eigenvalue weighted by Crippen LogP contribution is 2.74. The molecule has 11 heavy (non-hydrogen) atoms. The van der Waals surface area contributed by atoms with Crippen molar-refractivity contribution >= 4 is 0 Å². The van der Waals surface area contributed by atoms with Gasteiger partial charge in [-0.05, 0) is 17.9 Å². The second-order valence-corrected chi connectivity index (χ2v) is 5.49. The van der Waals surface area contributed by atoms with E-state index < -0.39 is 0 Å². The summed E-state index contributed by atoms with van der Waals surface area (Å²) in [5.74, 6) is 2.16. The fourth-order valence-electron chi connectivity index (χ4n) is 4.42. The lowest BCUT2D eigenvalue weighted by Crippen LogP contribution is -2.47. The van der Waals surface area contributed by atoms with Crippen molar-refractivity contribution in [3.63, 3.8) is 0 Å². The molecule has 1 saturated carbocycles. The van der Waals surface area contributed by atoms with Crippen LogP contribution in [0.3, 0.4) is 0 Å². The highest BCUT2D eigenvalue weighted by Gasteiger charge is 2.77. The molecular weight excluding hydrogens is 134 g/mol. The van der Waals surface area contributed by atoms with Gasteiger partial charge in [-0.2, -0.15) is 0 Å². The van der Waals surface area contributed by atoms with Crippen LogP contribution in [0.15, 0.2) is 11.6 Å². The smallest absolute Gasteiger partial charge is 0.100 e. The second kappa shape index (κ2) is 1.11. The molecule has 2 heterocycles. The third-order valence-corrected chi connectivity index (χ3v) is 4.60. The number of nitrogens with zero attached hydrogens (tertiary/aromatic N) is 1. The Hall–Kier alpha value is -0.300. The summed E-state index contributed by atoms with van der Waals surface area (Å²) in [6, 6.07) is 0. The lowest BCUT2D eigenvalue weighted by atomic mass is 9.95. The molecule has 4 aliphatic rings. The summed E-state index contributed by atoms with van der Waals surface area (Å²) in [5.41, 5.74) is 2.62. The predicted molar refractivity (Wildman–Crippen MR) is 42.9 cm³/mol. The Bertz CT molecular complexity index is 293. The normalized spacial score (nSPS) is 68.3. The number of hydrogen-bond acceptors (Lipinski definition) is 0. The van der Waals surface area contributed by atoms with Gasteiger partial charge in [-0.25, -0.2) is 0 Å². The van der Waals surface area contributed by atoms with Crippen molar-refractivity contribution in [3.05, 3.63) is 11.6 Å². The number of rotatable bonds is 0. The summed E-state index contributed by atoms with van der Waals surface area (Å²) >= 11 is 0. The fourth-order valence-corrected chi connectivity index (χ4v) is 4.42. The van der Waals surface area contributed by atoms with Crippen molar-refractivity contribution in [1.82, 2.24) is 0 Å². The van der Waals surface area contributed by atoms with Crippen molar-refractivity contribution in [1.29, 1.82) is 0 Å². The summed E-state index contributed by atoms with van der Waals surface area (Å²) in [5, 5.41) is 0. The van der Waals surface area contributed by atoms with Crippen molar-refractivity contribution in [3.8, 4) is 0 Å². The first-order valence-electron chi connectivity index (χ1n) is 4.75. The van der Waals surface area contributed by atoms with E-state index in [2.05, 4.69) is 13.1 Å². The van der Waals surface area contributed by atoms with Crippen molar-refractivity contribution in [2.45, 2.75) is 6.42 Å². The molecule has 2 saturated heterocycles. The molecular formula is C10H14N+. The Labute approximate surface area is 67.3 Å². The van der Waals surface area contributed by atoms with Gasteiger partial charge in [0, 0.05) is 11.3 Å². The average Bonchev–Trinajstić information content (AvgIpc) is 2.30. The van der Waals surface area contributed by atoms with Gasteiger partial charge in [0.05, 0.1) is 20.1 Å². The maximum absolute atomic E-state index is 2.61. The van der Waals surface area contributed by atoms with Crippen LogP contribution in [0, 0.1) is 17.3 Å². The number of allylic oxidation sites excluding steroid dienone is 1. The third kappa shape index (κ3) is 0.384. The van der Waals surface area contributed by atoms with Crippen LogP contribution in [0.25, 0.3) is 0 Å². The molecule has 0 N–H and O–H groups in total. The number of fused-ring (bicyclic) bond motifs is 3. The lowest BCUT2D eigenvalue weighted by molar-refractivity contribution is -0.902. The van der Waals surface area contributed by atoms with Gasteiger partial charge in [0.1, 0.15) is 6.54 Å². The van der Waals surface area contributed by atoms with E-state index in [1.54, 1.807) is 5.57 Å². The van der Waals surface area contributed by atoms with Crippen LogP contribution in [-0.4, -0.2) is 31.2 Å². The molecule has 0 aromatic carbocycles. The van der Waals surface area contributed by atoms with E-state index >= 15 is 0 Å². The van der Waals surface area contributed by atoms with Crippen molar-refractivity contribution in [2.75, 3.05) is 26.7 Å².